The Hall–Kier alpha value is -4.51. The number of carbonyl (C=O) groups is 1. The molecule has 0 N–H and O–H groups in total. The largest absolute Gasteiger partial charge is 0.416 e. The lowest BCUT2D eigenvalue weighted by Crippen LogP contribution is -2.45. The highest BCUT2D eigenvalue weighted by Gasteiger charge is 2.47. The van der Waals surface area contributed by atoms with Gasteiger partial charge in [0.2, 0.25) is 0 Å². The van der Waals surface area contributed by atoms with Crippen molar-refractivity contribution in [2.24, 2.45) is 5.41 Å². The fourth-order valence-electron chi connectivity index (χ4n) is 5.95. The number of rotatable bonds is 8. The van der Waals surface area contributed by atoms with E-state index in [9.17, 15) is 110 Å². The van der Waals surface area contributed by atoms with Gasteiger partial charge in [-0.1, -0.05) is 20.8 Å². The summed E-state index contributed by atoms with van der Waals surface area (Å²) in [5.41, 5.74) is -20.2. The van der Waals surface area contributed by atoms with Crippen LogP contribution in [0.1, 0.15) is 65.3 Å². The van der Waals surface area contributed by atoms with Crippen LogP contribution in [0.4, 0.5) is 105 Å². The number of hydrogen-bond acceptors (Lipinski definition) is 2. The van der Waals surface area contributed by atoms with E-state index in [2.05, 4.69) is 0 Å². The maximum Gasteiger partial charge on any atom is 0.416 e. The van der Waals surface area contributed by atoms with Crippen molar-refractivity contribution < 1.29 is 115 Å². The summed E-state index contributed by atoms with van der Waals surface area (Å²) in [5, 5.41) is -6.02. The van der Waals surface area contributed by atoms with Crippen LogP contribution < -0.4 is 21.2 Å². The fraction of sp³-hybridized carbons (Fsp3) is 0.359. The Morgan fingerprint density at radius 1 is 0.382 bits per heavy atom. The predicted molar refractivity (Wildman–Crippen MR) is 195 cm³/mol. The summed E-state index contributed by atoms with van der Waals surface area (Å²) in [5.74, 6) is -2.00. The molecule has 0 spiro atoms. The minimum absolute atomic E-state index is 0.0788. The molecular weight excluding hydrogens is 1030 g/mol. The van der Waals surface area contributed by atoms with E-state index in [0.29, 0.717) is 7.05 Å². The quantitative estimate of drug-likeness (QED) is 0.130. The lowest BCUT2D eigenvalue weighted by Gasteiger charge is -2.38. The van der Waals surface area contributed by atoms with Gasteiger partial charge >= 0.3 is 49.4 Å². The lowest BCUT2D eigenvalue weighted by molar-refractivity contribution is -0.144. The van der Waals surface area contributed by atoms with Crippen LogP contribution in [0.25, 0.3) is 0 Å². The normalized spacial score (nSPS) is 14.5. The van der Waals surface area contributed by atoms with Gasteiger partial charge in [-0.05, 0) is 78.2 Å². The SMILES string of the molecule is CN(C(=O)[C@@H](OP(c1cc(C(F)(F)F)cc(C(F)(F)F)c1)c1cc(C(F)(F)F)cc(C(F)(F)F)c1)C(C)(C)C)P(c1cc(C(F)(F)F)cc(C(F)(F)F)c1)c1cc(C(F)(F)F)cc(C(F)(F)F)c1. The van der Waals surface area contributed by atoms with Crippen molar-refractivity contribution in [1.29, 1.82) is 0 Å². The standard InChI is InChI=1S/C39H25F24NO2P2/c1-31(2,3)29(66-68(27-13-21(36(52,53)54)7-22(14-27)37(55,56)57)28-15-23(38(58,59)60)8-24(16-28)39(61,62)63)30(65)64(4)67(25-9-17(32(40,41)42)5-18(10-25)33(43,44)45)26-11-19(34(46,47)48)6-20(12-26)35(49,50)51/h5-16,29H,1-4H3/t29-/m1/s1. The van der Waals surface area contributed by atoms with Crippen molar-refractivity contribution >= 4 is 43.3 Å². The first-order chi connectivity index (χ1) is 30.2. The summed E-state index contributed by atoms with van der Waals surface area (Å²) in [4.78, 5) is 14.7. The molecule has 1 amide bonds. The molecule has 0 radical (unpaired) electrons. The molecule has 0 aliphatic rings. The average molecular weight is 1060 g/mol. The van der Waals surface area contributed by atoms with Gasteiger partial charge in [-0.2, -0.15) is 105 Å². The summed E-state index contributed by atoms with van der Waals surface area (Å²) in [6.45, 7) is 2.62. The highest BCUT2D eigenvalue weighted by molar-refractivity contribution is 7.71. The molecular formula is C39H25F24NO2P2. The number of carbonyl (C=O) groups excluding carboxylic acids is 1. The Morgan fingerprint density at radius 2 is 0.574 bits per heavy atom. The zero-order chi connectivity index (χ0) is 52.5. The van der Waals surface area contributed by atoms with E-state index in [1.165, 1.54) is 0 Å². The minimum Gasteiger partial charge on any atom is -0.336 e. The van der Waals surface area contributed by atoms with Gasteiger partial charge in [0, 0.05) is 28.3 Å². The second kappa shape index (κ2) is 18.3. The van der Waals surface area contributed by atoms with E-state index in [1.54, 1.807) is 0 Å². The van der Waals surface area contributed by atoms with Crippen LogP contribution in [0.15, 0.2) is 72.8 Å². The second-order valence-electron chi connectivity index (χ2n) is 15.4. The molecule has 0 aliphatic carbocycles. The summed E-state index contributed by atoms with van der Waals surface area (Å²) < 4.78 is 344. The second-order valence-corrected chi connectivity index (χ2v) is 19.5. The number of amides is 1. The van der Waals surface area contributed by atoms with Crippen LogP contribution >= 0.6 is 16.2 Å². The average Bonchev–Trinajstić information content (AvgIpc) is 3.14. The van der Waals surface area contributed by atoms with Crippen molar-refractivity contribution in [3.63, 3.8) is 0 Å². The molecule has 0 unspecified atom stereocenters. The number of benzene rings is 4. The first-order valence-electron chi connectivity index (χ1n) is 17.9. The van der Waals surface area contributed by atoms with Gasteiger partial charge < -0.3 is 9.19 Å². The summed E-state index contributed by atoms with van der Waals surface area (Å²) in [6, 6.07) is -3.86. The molecule has 3 nitrogen and oxygen atoms in total. The molecule has 376 valence electrons. The molecule has 4 aromatic rings. The Labute approximate surface area is 368 Å². The molecule has 4 aromatic carbocycles. The number of halogens is 24. The summed E-state index contributed by atoms with van der Waals surface area (Å²) >= 11 is 0. The first kappa shape index (κ1) is 56.1. The predicted octanol–water partition coefficient (Wildman–Crippen LogP) is 14.1. The fourth-order valence-corrected chi connectivity index (χ4v) is 10.5. The highest BCUT2D eigenvalue weighted by Crippen LogP contribution is 2.50. The van der Waals surface area contributed by atoms with E-state index in [-0.39, 0.29) is 53.2 Å². The topological polar surface area (TPSA) is 29.5 Å². The van der Waals surface area contributed by atoms with Gasteiger partial charge in [-0.25, -0.2) is 0 Å². The Bertz CT molecular complexity index is 2210. The third-order valence-electron chi connectivity index (χ3n) is 9.09. The third-order valence-corrected chi connectivity index (χ3v) is 13.3. The molecule has 0 saturated heterocycles. The molecule has 68 heavy (non-hydrogen) atoms. The van der Waals surface area contributed by atoms with E-state index < -0.39 is 173 Å². The Kier molecular flexibility index (Phi) is 15.1. The monoisotopic (exact) mass is 1060 g/mol. The smallest absolute Gasteiger partial charge is 0.336 e. The van der Waals surface area contributed by atoms with Crippen molar-refractivity contribution in [2.75, 3.05) is 7.05 Å². The van der Waals surface area contributed by atoms with Gasteiger partial charge in [0.05, 0.1) is 60.7 Å². The number of hydrogen-bond donors (Lipinski definition) is 0. The van der Waals surface area contributed by atoms with Crippen LogP contribution in [-0.4, -0.2) is 23.7 Å². The zero-order valence-corrected chi connectivity index (χ0v) is 35.5. The molecule has 0 saturated carbocycles. The van der Waals surface area contributed by atoms with Gasteiger partial charge in [0.25, 0.3) is 5.91 Å². The zero-order valence-electron chi connectivity index (χ0n) is 33.7. The number of likely N-dealkylation sites (N-methyl/N-ethyl adjacent to an activating group) is 1. The van der Waals surface area contributed by atoms with Crippen LogP contribution in [0.5, 0.6) is 0 Å². The summed E-state index contributed by atoms with van der Waals surface area (Å²) in [6.07, 6.45) is -49.0. The van der Waals surface area contributed by atoms with Crippen molar-refractivity contribution in [2.45, 2.75) is 76.3 Å². The van der Waals surface area contributed by atoms with E-state index >= 15 is 0 Å². The lowest BCUT2D eigenvalue weighted by atomic mass is 9.89. The minimum atomic E-state index is -5.78. The maximum absolute atomic E-state index is 14.7. The van der Waals surface area contributed by atoms with Gasteiger partial charge in [-0.3, -0.25) is 4.79 Å². The number of nitrogens with zero attached hydrogens (tertiary/aromatic N) is 1. The molecule has 1 atom stereocenters. The third kappa shape index (κ3) is 13.4. The van der Waals surface area contributed by atoms with Crippen LogP contribution in [0.3, 0.4) is 0 Å². The van der Waals surface area contributed by atoms with Crippen molar-refractivity contribution in [3.05, 3.63) is 117 Å². The molecule has 0 fully saturated rings. The first-order valence-corrected chi connectivity index (χ1v) is 20.5. The van der Waals surface area contributed by atoms with E-state index in [4.69, 9.17) is 4.52 Å². The maximum atomic E-state index is 14.7. The molecule has 0 aromatic heterocycles. The molecule has 0 bridgehead atoms. The van der Waals surface area contributed by atoms with Crippen molar-refractivity contribution in [1.82, 2.24) is 4.67 Å². The van der Waals surface area contributed by atoms with E-state index in [1.807, 2.05) is 0 Å². The van der Waals surface area contributed by atoms with Gasteiger partial charge in [0.1, 0.15) is 6.10 Å². The van der Waals surface area contributed by atoms with E-state index in [0.717, 1.165) is 20.8 Å². The molecule has 0 heterocycles. The van der Waals surface area contributed by atoms with Crippen molar-refractivity contribution in [3.8, 4) is 0 Å². The molecule has 4 rings (SSSR count). The van der Waals surface area contributed by atoms with Crippen LogP contribution in [0.2, 0.25) is 0 Å². The van der Waals surface area contributed by atoms with Gasteiger partial charge in [-0.15, -0.1) is 0 Å². The molecule has 29 heteroatoms. The van der Waals surface area contributed by atoms with Crippen LogP contribution in [0, 0.1) is 5.41 Å². The highest BCUT2D eigenvalue weighted by atomic mass is 31.1. The Balaban J connectivity index is 2.18. The number of alkyl halides is 24. The Morgan fingerprint density at radius 3 is 0.750 bits per heavy atom. The molecule has 0 aliphatic heterocycles. The van der Waals surface area contributed by atoms with Crippen LogP contribution in [-0.2, 0) is 58.7 Å². The summed E-state index contributed by atoms with van der Waals surface area (Å²) in [7, 11) is -7.75. The van der Waals surface area contributed by atoms with Gasteiger partial charge in [0.15, 0.2) is 0 Å².